The van der Waals surface area contributed by atoms with Gasteiger partial charge in [-0.3, -0.25) is 4.98 Å². The van der Waals surface area contributed by atoms with Gasteiger partial charge in [-0.25, -0.2) is 14.8 Å². The molecule has 5 nitrogen and oxygen atoms in total. The predicted molar refractivity (Wildman–Crippen MR) is 62.2 cm³/mol. The van der Waals surface area contributed by atoms with Crippen LogP contribution in [0.3, 0.4) is 0 Å². The number of rotatable bonds is 2. The van der Waals surface area contributed by atoms with Crippen molar-refractivity contribution < 1.29 is 9.90 Å². The minimum Gasteiger partial charge on any atom is -0.476 e. The summed E-state index contributed by atoms with van der Waals surface area (Å²) in [6.07, 6.45) is 2.65. The highest BCUT2D eigenvalue weighted by molar-refractivity contribution is 6.33. The average molecular weight is 270 g/mol. The van der Waals surface area contributed by atoms with Gasteiger partial charge in [-0.15, -0.1) is 0 Å². The summed E-state index contributed by atoms with van der Waals surface area (Å²) < 4.78 is 0. The number of carbonyl (C=O) groups is 1. The monoisotopic (exact) mass is 269 g/mol. The summed E-state index contributed by atoms with van der Waals surface area (Å²) in [7, 11) is 0. The van der Waals surface area contributed by atoms with Gasteiger partial charge in [-0.2, -0.15) is 0 Å². The topological polar surface area (TPSA) is 76.0 Å². The van der Waals surface area contributed by atoms with E-state index in [9.17, 15) is 4.79 Å². The Morgan fingerprint density at radius 2 is 1.94 bits per heavy atom. The fourth-order valence-electron chi connectivity index (χ4n) is 1.15. The first-order valence-electron chi connectivity index (χ1n) is 4.45. The van der Waals surface area contributed by atoms with E-state index >= 15 is 0 Å². The van der Waals surface area contributed by atoms with Gasteiger partial charge < -0.3 is 5.11 Å². The van der Waals surface area contributed by atoms with Crippen molar-refractivity contribution in [2.45, 2.75) is 0 Å². The van der Waals surface area contributed by atoms with Gasteiger partial charge >= 0.3 is 5.97 Å². The minimum absolute atomic E-state index is 0.0183. The number of carboxylic acids is 1. The molecule has 0 saturated heterocycles. The molecule has 0 radical (unpaired) electrons. The molecule has 0 amide bonds. The molecule has 1 N–H and O–H groups in total. The van der Waals surface area contributed by atoms with E-state index in [0.717, 1.165) is 0 Å². The first-order chi connectivity index (χ1) is 8.08. The van der Waals surface area contributed by atoms with Gasteiger partial charge in [-0.1, -0.05) is 23.2 Å². The van der Waals surface area contributed by atoms with E-state index in [-0.39, 0.29) is 16.5 Å². The molecule has 2 rings (SSSR count). The van der Waals surface area contributed by atoms with Crippen molar-refractivity contribution in [1.82, 2.24) is 15.0 Å². The molecule has 0 atom stereocenters. The quantitative estimate of drug-likeness (QED) is 0.907. The van der Waals surface area contributed by atoms with Crippen molar-refractivity contribution in [2.24, 2.45) is 0 Å². The molecule has 0 spiro atoms. The summed E-state index contributed by atoms with van der Waals surface area (Å²) in [5, 5.41) is 9.32. The number of aromatic nitrogens is 3. The maximum atomic E-state index is 10.8. The number of pyridine rings is 1. The van der Waals surface area contributed by atoms with E-state index in [1.54, 1.807) is 12.1 Å². The summed E-state index contributed by atoms with van der Waals surface area (Å²) >= 11 is 11.3. The highest BCUT2D eigenvalue weighted by atomic mass is 35.5. The van der Waals surface area contributed by atoms with Gasteiger partial charge in [-0.05, 0) is 12.1 Å². The van der Waals surface area contributed by atoms with E-state index < -0.39 is 5.97 Å². The lowest BCUT2D eigenvalue weighted by atomic mass is 10.3. The Morgan fingerprint density at radius 1 is 1.18 bits per heavy atom. The van der Waals surface area contributed by atoms with Gasteiger partial charge in [0.2, 0.25) is 0 Å². The molecular formula is C10H5Cl2N3O2. The van der Waals surface area contributed by atoms with Crippen molar-refractivity contribution in [3.05, 3.63) is 40.3 Å². The Balaban J connectivity index is 2.50. The van der Waals surface area contributed by atoms with Crippen molar-refractivity contribution in [3.8, 4) is 11.5 Å². The maximum Gasteiger partial charge on any atom is 0.356 e. The third kappa shape index (κ3) is 2.51. The van der Waals surface area contributed by atoms with Gasteiger partial charge in [0.15, 0.2) is 11.5 Å². The fourth-order valence-corrected chi connectivity index (χ4v) is 1.43. The zero-order valence-corrected chi connectivity index (χ0v) is 9.77. The van der Waals surface area contributed by atoms with Crippen LogP contribution in [0.4, 0.5) is 0 Å². The lowest BCUT2D eigenvalue weighted by Gasteiger charge is -2.02. The standard InChI is InChI=1S/C10H5Cl2N3O2/c11-5-1-2-7(13-3-5)9-14-4-6(12)8(15-9)10(16)17/h1-4H,(H,16,17). The van der Waals surface area contributed by atoms with Crippen LogP contribution in [-0.2, 0) is 0 Å². The Morgan fingerprint density at radius 3 is 2.53 bits per heavy atom. The van der Waals surface area contributed by atoms with Crippen LogP contribution in [0, 0.1) is 0 Å². The van der Waals surface area contributed by atoms with Crippen LogP contribution >= 0.6 is 23.2 Å². The highest BCUT2D eigenvalue weighted by Gasteiger charge is 2.13. The largest absolute Gasteiger partial charge is 0.476 e. The predicted octanol–water partition coefficient (Wildman–Crippen LogP) is 2.54. The molecule has 0 aromatic carbocycles. The maximum absolute atomic E-state index is 10.8. The van der Waals surface area contributed by atoms with Crippen LogP contribution in [0.5, 0.6) is 0 Å². The summed E-state index contributed by atoms with van der Waals surface area (Å²) in [4.78, 5) is 22.6. The third-order valence-electron chi connectivity index (χ3n) is 1.90. The van der Waals surface area contributed by atoms with E-state index in [1.807, 2.05) is 0 Å². The van der Waals surface area contributed by atoms with E-state index in [2.05, 4.69) is 15.0 Å². The first-order valence-corrected chi connectivity index (χ1v) is 5.21. The Bertz CT molecular complexity index is 572. The van der Waals surface area contributed by atoms with Crippen LogP contribution in [0.25, 0.3) is 11.5 Å². The van der Waals surface area contributed by atoms with E-state index in [4.69, 9.17) is 28.3 Å². The van der Waals surface area contributed by atoms with Crippen molar-refractivity contribution in [3.63, 3.8) is 0 Å². The van der Waals surface area contributed by atoms with Crippen LogP contribution in [0.15, 0.2) is 24.5 Å². The normalized spacial score (nSPS) is 10.2. The van der Waals surface area contributed by atoms with Crippen molar-refractivity contribution >= 4 is 29.2 Å². The van der Waals surface area contributed by atoms with Crippen molar-refractivity contribution in [1.29, 1.82) is 0 Å². The van der Waals surface area contributed by atoms with Crippen molar-refractivity contribution in [2.75, 3.05) is 0 Å². The number of hydrogen-bond donors (Lipinski definition) is 1. The molecule has 0 aliphatic carbocycles. The molecule has 17 heavy (non-hydrogen) atoms. The average Bonchev–Trinajstić information content (AvgIpc) is 2.30. The summed E-state index contributed by atoms with van der Waals surface area (Å²) in [6.45, 7) is 0. The van der Waals surface area contributed by atoms with Gasteiger partial charge in [0.05, 0.1) is 16.2 Å². The fraction of sp³-hybridized carbons (Fsp3) is 0. The van der Waals surface area contributed by atoms with Gasteiger partial charge in [0.25, 0.3) is 0 Å². The SMILES string of the molecule is O=C(O)c1nc(-c2ccc(Cl)cn2)ncc1Cl. The summed E-state index contributed by atoms with van der Waals surface area (Å²) in [5.74, 6) is -1.03. The smallest absolute Gasteiger partial charge is 0.356 e. The Hall–Kier alpha value is -1.72. The van der Waals surface area contributed by atoms with Crippen LogP contribution in [0.1, 0.15) is 10.5 Å². The van der Waals surface area contributed by atoms with E-state index in [0.29, 0.717) is 10.7 Å². The van der Waals surface area contributed by atoms with Crippen LogP contribution < -0.4 is 0 Å². The Kier molecular flexibility index (Phi) is 3.21. The minimum atomic E-state index is -1.22. The van der Waals surface area contributed by atoms with Gasteiger partial charge in [0.1, 0.15) is 5.69 Å². The Labute approximate surface area is 106 Å². The molecule has 2 aromatic rings. The van der Waals surface area contributed by atoms with Crippen LogP contribution in [0.2, 0.25) is 10.0 Å². The molecule has 0 fully saturated rings. The first kappa shape index (κ1) is 11.8. The molecule has 86 valence electrons. The molecule has 0 unspecified atom stereocenters. The molecule has 0 bridgehead atoms. The number of halogens is 2. The molecule has 0 aliphatic heterocycles. The molecule has 0 saturated carbocycles. The molecule has 7 heteroatoms. The number of hydrogen-bond acceptors (Lipinski definition) is 4. The third-order valence-corrected chi connectivity index (χ3v) is 2.40. The second-order valence-electron chi connectivity index (χ2n) is 3.06. The lowest BCUT2D eigenvalue weighted by molar-refractivity contribution is 0.0690. The van der Waals surface area contributed by atoms with Crippen LogP contribution in [-0.4, -0.2) is 26.0 Å². The number of carboxylic acid groups (broad SMARTS) is 1. The second-order valence-corrected chi connectivity index (χ2v) is 3.90. The second kappa shape index (κ2) is 4.65. The number of nitrogens with zero attached hydrogens (tertiary/aromatic N) is 3. The number of aromatic carboxylic acids is 1. The zero-order valence-electron chi connectivity index (χ0n) is 8.26. The molecular weight excluding hydrogens is 265 g/mol. The summed E-state index contributed by atoms with van der Waals surface area (Å²) in [5.41, 5.74) is 0.169. The lowest BCUT2D eigenvalue weighted by Crippen LogP contribution is -2.04. The zero-order chi connectivity index (χ0) is 12.4. The van der Waals surface area contributed by atoms with Gasteiger partial charge in [0, 0.05) is 6.20 Å². The molecule has 2 heterocycles. The molecule has 0 aliphatic rings. The van der Waals surface area contributed by atoms with E-state index in [1.165, 1.54) is 12.4 Å². The molecule has 2 aromatic heterocycles. The highest BCUT2D eigenvalue weighted by Crippen LogP contribution is 2.18. The summed E-state index contributed by atoms with van der Waals surface area (Å²) in [6, 6.07) is 3.21.